The Morgan fingerprint density at radius 2 is 1.79 bits per heavy atom. The molecular formula is C28H27FN4O6. The topological polar surface area (TPSA) is 128 Å². The number of aromatic hydroxyl groups is 1. The van der Waals surface area contributed by atoms with Gasteiger partial charge in [0.15, 0.2) is 17.3 Å². The van der Waals surface area contributed by atoms with Gasteiger partial charge in [-0.15, -0.1) is 0 Å². The third-order valence-corrected chi connectivity index (χ3v) is 7.52. The van der Waals surface area contributed by atoms with E-state index in [-0.39, 0.29) is 45.8 Å². The highest BCUT2D eigenvalue weighted by molar-refractivity contribution is 6.17. The number of aromatic amines is 1. The van der Waals surface area contributed by atoms with Crippen molar-refractivity contribution in [2.24, 2.45) is 0 Å². The van der Waals surface area contributed by atoms with Gasteiger partial charge in [0.25, 0.3) is 0 Å². The molecule has 202 valence electrons. The third kappa shape index (κ3) is 4.19. The Labute approximate surface area is 221 Å². The highest BCUT2D eigenvalue weighted by Gasteiger charge is 2.35. The SMILES string of the molecule is CN1CCN(c2c(F)c3c(c(=O)c(C(=O)O)cn3C3CC3)c3[nH]c(C(=O)OCc4ccccc4)c(O)c23)CC1. The summed E-state index contributed by atoms with van der Waals surface area (Å²) in [5.74, 6) is -3.61. The van der Waals surface area contributed by atoms with Gasteiger partial charge in [0.2, 0.25) is 5.43 Å². The van der Waals surface area contributed by atoms with E-state index in [9.17, 15) is 24.6 Å². The third-order valence-electron chi connectivity index (χ3n) is 7.52. The molecule has 0 radical (unpaired) electrons. The number of H-pyrrole nitrogens is 1. The average Bonchev–Trinajstić information content (AvgIpc) is 3.72. The number of rotatable bonds is 6. The molecule has 2 fully saturated rings. The molecule has 3 heterocycles. The number of hydrogen-bond donors (Lipinski definition) is 3. The number of pyridine rings is 1. The van der Waals surface area contributed by atoms with Gasteiger partial charge in [-0.25, -0.2) is 14.0 Å². The molecule has 39 heavy (non-hydrogen) atoms. The van der Waals surface area contributed by atoms with Crippen molar-refractivity contribution in [1.82, 2.24) is 14.5 Å². The van der Waals surface area contributed by atoms with E-state index in [1.807, 2.05) is 13.1 Å². The molecule has 0 bridgehead atoms. The molecule has 11 heteroatoms. The Balaban J connectivity index is 1.61. The Morgan fingerprint density at radius 1 is 1.10 bits per heavy atom. The number of nitrogens with one attached hydrogen (secondary N) is 1. The van der Waals surface area contributed by atoms with Crippen molar-refractivity contribution in [2.75, 3.05) is 38.1 Å². The number of halogens is 1. The van der Waals surface area contributed by atoms with Crippen LogP contribution in [-0.4, -0.2) is 69.8 Å². The number of benzene rings is 2. The van der Waals surface area contributed by atoms with Crippen molar-refractivity contribution in [3.05, 3.63) is 69.4 Å². The molecule has 0 unspecified atom stereocenters. The van der Waals surface area contributed by atoms with Gasteiger partial charge < -0.3 is 34.3 Å². The van der Waals surface area contributed by atoms with Crippen LogP contribution < -0.4 is 10.3 Å². The lowest BCUT2D eigenvalue weighted by Gasteiger charge is -2.35. The van der Waals surface area contributed by atoms with Crippen LogP contribution in [0.25, 0.3) is 21.8 Å². The molecule has 1 aliphatic heterocycles. The molecule has 1 saturated heterocycles. The van der Waals surface area contributed by atoms with Crippen molar-refractivity contribution in [3.8, 4) is 5.75 Å². The fourth-order valence-electron chi connectivity index (χ4n) is 5.28. The Hall–Kier alpha value is -4.38. The summed E-state index contributed by atoms with van der Waals surface area (Å²) in [6.45, 7) is 2.13. The molecule has 0 spiro atoms. The molecule has 3 N–H and O–H groups in total. The number of fused-ring (bicyclic) bond motifs is 3. The standard InChI is InChI=1S/C28H27FN4O6/c1-31-9-11-32(12-10-31)23-18-21(30-22(26(18)35)28(38)39-14-15-5-3-2-4-6-15)19-24(20(23)29)33(16-7-8-16)13-17(25(19)34)27(36)37/h2-6,13,16,30,35H,7-12,14H2,1H3,(H,36,37). The van der Waals surface area contributed by atoms with Gasteiger partial charge in [-0.05, 0) is 25.5 Å². The molecule has 10 nitrogen and oxygen atoms in total. The number of aromatic carboxylic acids is 1. The predicted molar refractivity (Wildman–Crippen MR) is 142 cm³/mol. The lowest BCUT2D eigenvalue weighted by Crippen LogP contribution is -2.45. The normalized spacial score (nSPS) is 16.2. The van der Waals surface area contributed by atoms with Gasteiger partial charge in [0, 0.05) is 38.4 Å². The minimum atomic E-state index is -1.44. The number of carbonyl (C=O) groups is 2. The lowest BCUT2D eigenvalue weighted by atomic mass is 10.0. The molecule has 2 aliphatic rings. The van der Waals surface area contributed by atoms with Gasteiger partial charge >= 0.3 is 11.9 Å². The van der Waals surface area contributed by atoms with Gasteiger partial charge in [-0.1, -0.05) is 30.3 Å². The summed E-state index contributed by atoms with van der Waals surface area (Å²) in [5, 5.41) is 20.8. The van der Waals surface area contributed by atoms with Gasteiger partial charge in [-0.3, -0.25) is 4.79 Å². The largest absolute Gasteiger partial charge is 0.505 e. The van der Waals surface area contributed by atoms with Crippen LogP contribution in [0.15, 0.2) is 41.3 Å². The molecule has 0 atom stereocenters. The van der Waals surface area contributed by atoms with E-state index in [1.165, 1.54) is 10.8 Å². The van der Waals surface area contributed by atoms with E-state index < -0.39 is 34.5 Å². The number of hydrogen-bond acceptors (Lipinski definition) is 7. The fourth-order valence-corrected chi connectivity index (χ4v) is 5.28. The molecule has 6 rings (SSSR count). The zero-order valence-electron chi connectivity index (χ0n) is 21.2. The van der Waals surface area contributed by atoms with Crippen LogP contribution in [0.4, 0.5) is 10.1 Å². The molecule has 4 aromatic rings. The number of carbonyl (C=O) groups excluding carboxylic acids is 1. The van der Waals surface area contributed by atoms with E-state index >= 15 is 4.39 Å². The van der Waals surface area contributed by atoms with Gasteiger partial charge in [0.05, 0.1) is 27.5 Å². The van der Waals surface area contributed by atoms with E-state index in [1.54, 1.807) is 29.2 Å². The Bertz CT molecular complexity index is 1680. The zero-order chi connectivity index (χ0) is 27.4. The number of aromatic nitrogens is 2. The predicted octanol–water partition coefficient (Wildman–Crippen LogP) is 3.47. The van der Waals surface area contributed by atoms with E-state index in [0.717, 1.165) is 5.56 Å². The summed E-state index contributed by atoms with van der Waals surface area (Å²) < 4.78 is 23.5. The lowest BCUT2D eigenvalue weighted by molar-refractivity contribution is 0.0463. The smallest absolute Gasteiger partial charge is 0.359 e. The average molecular weight is 535 g/mol. The molecule has 2 aromatic carbocycles. The van der Waals surface area contributed by atoms with Crippen LogP contribution >= 0.6 is 0 Å². The number of likely N-dealkylation sites (N-methyl/N-ethyl adjacent to an activating group) is 1. The number of esters is 1. The fraction of sp³-hybridized carbons (Fsp3) is 0.321. The minimum absolute atomic E-state index is 0.00647. The van der Waals surface area contributed by atoms with Gasteiger partial charge in [-0.2, -0.15) is 0 Å². The highest BCUT2D eigenvalue weighted by atomic mass is 19.1. The Morgan fingerprint density at radius 3 is 2.44 bits per heavy atom. The second kappa shape index (κ2) is 9.42. The highest BCUT2D eigenvalue weighted by Crippen LogP contribution is 2.45. The quantitative estimate of drug-likeness (QED) is 0.321. The van der Waals surface area contributed by atoms with Crippen LogP contribution in [-0.2, 0) is 11.3 Å². The maximum Gasteiger partial charge on any atom is 0.359 e. The van der Waals surface area contributed by atoms with Crippen molar-refractivity contribution < 1.29 is 28.9 Å². The van der Waals surface area contributed by atoms with Crippen LogP contribution in [0.1, 0.15) is 45.3 Å². The first-order chi connectivity index (χ1) is 18.8. The summed E-state index contributed by atoms with van der Waals surface area (Å²) in [6.07, 6.45) is 2.63. The maximum absolute atomic E-state index is 16.6. The summed E-state index contributed by atoms with van der Waals surface area (Å²) in [7, 11) is 1.95. The van der Waals surface area contributed by atoms with Crippen LogP contribution in [0.5, 0.6) is 5.75 Å². The first kappa shape index (κ1) is 24.9. The molecule has 2 aromatic heterocycles. The number of nitrogens with zero attached hydrogens (tertiary/aromatic N) is 3. The second-order valence-corrected chi connectivity index (χ2v) is 10.2. The summed E-state index contributed by atoms with van der Waals surface area (Å²) in [6, 6.07) is 8.82. The summed E-state index contributed by atoms with van der Waals surface area (Å²) in [5.41, 5.74) is -0.973. The van der Waals surface area contributed by atoms with Crippen molar-refractivity contribution in [1.29, 1.82) is 0 Å². The van der Waals surface area contributed by atoms with Crippen molar-refractivity contribution in [2.45, 2.75) is 25.5 Å². The van der Waals surface area contributed by atoms with Crippen LogP contribution in [0.3, 0.4) is 0 Å². The Kier molecular flexibility index (Phi) is 6.02. The second-order valence-electron chi connectivity index (χ2n) is 10.2. The van der Waals surface area contributed by atoms with Crippen LogP contribution in [0.2, 0.25) is 0 Å². The number of piperazine rings is 1. The van der Waals surface area contributed by atoms with Crippen LogP contribution in [0, 0.1) is 5.82 Å². The molecule has 1 aliphatic carbocycles. The van der Waals surface area contributed by atoms with Crippen molar-refractivity contribution in [3.63, 3.8) is 0 Å². The number of anilines is 1. The summed E-state index contributed by atoms with van der Waals surface area (Å²) in [4.78, 5) is 45.2. The minimum Gasteiger partial charge on any atom is -0.505 e. The summed E-state index contributed by atoms with van der Waals surface area (Å²) >= 11 is 0. The number of carboxylic acid groups (broad SMARTS) is 1. The number of carboxylic acids is 1. The first-order valence-electron chi connectivity index (χ1n) is 12.8. The van der Waals surface area contributed by atoms with E-state index in [4.69, 9.17) is 4.74 Å². The molecular weight excluding hydrogens is 507 g/mol. The van der Waals surface area contributed by atoms with E-state index in [2.05, 4.69) is 9.88 Å². The van der Waals surface area contributed by atoms with E-state index in [0.29, 0.717) is 39.0 Å². The van der Waals surface area contributed by atoms with Crippen molar-refractivity contribution >= 4 is 39.4 Å². The number of ether oxygens (including phenoxy) is 1. The van der Waals surface area contributed by atoms with Gasteiger partial charge in [0.1, 0.15) is 12.2 Å². The monoisotopic (exact) mass is 534 g/mol. The maximum atomic E-state index is 16.6. The molecule has 1 saturated carbocycles. The first-order valence-corrected chi connectivity index (χ1v) is 12.8. The molecule has 0 amide bonds. The zero-order valence-corrected chi connectivity index (χ0v) is 21.2.